The summed E-state index contributed by atoms with van der Waals surface area (Å²) in [4.78, 5) is 15.3. The lowest BCUT2D eigenvalue weighted by atomic mass is 9.86. The normalized spacial score (nSPS) is 20.8. The molecular formula is C27H28N2O5S. The van der Waals surface area contributed by atoms with E-state index in [1.165, 1.54) is 0 Å². The summed E-state index contributed by atoms with van der Waals surface area (Å²) in [7, 11) is -3.44. The Morgan fingerprint density at radius 3 is 2.46 bits per heavy atom. The van der Waals surface area contributed by atoms with Crippen LogP contribution in [0.25, 0.3) is 5.69 Å². The van der Waals surface area contributed by atoms with Crippen molar-refractivity contribution < 1.29 is 22.7 Å². The predicted octanol–water partition coefficient (Wildman–Crippen LogP) is 3.87. The predicted molar refractivity (Wildman–Crippen MR) is 131 cm³/mol. The van der Waals surface area contributed by atoms with Crippen LogP contribution < -0.4 is 4.74 Å². The molecule has 7 nitrogen and oxygen atoms in total. The first-order chi connectivity index (χ1) is 16.9. The lowest BCUT2D eigenvalue weighted by Gasteiger charge is -2.45. The van der Waals surface area contributed by atoms with Gasteiger partial charge in [0, 0.05) is 43.8 Å². The second kappa shape index (κ2) is 8.24. The minimum atomic E-state index is -3.44. The maximum atomic E-state index is 13.2. The summed E-state index contributed by atoms with van der Waals surface area (Å²) in [5.41, 5.74) is 3.37. The highest BCUT2D eigenvalue weighted by molar-refractivity contribution is 7.92. The molecule has 0 saturated carbocycles. The second-order valence-corrected chi connectivity index (χ2v) is 11.8. The Bertz CT molecular complexity index is 1380. The topological polar surface area (TPSA) is 77.8 Å². The summed E-state index contributed by atoms with van der Waals surface area (Å²) in [6, 6.07) is 18.7. The van der Waals surface area contributed by atoms with E-state index in [0.29, 0.717) is 44.5 Å². The van der Waals surface area contributed by atoms with Gasteiger partial charge in [-0.15, -0.1) is 0 Å². The van der Waals surface area contributed by atoms with E-state index in [2.05, 4.69) is 29.7 Å². The first-order valence-electron chi connectivity index (χ1n) is 12.1. The van der Waals surface area contributed by atoms with Crippen LogP contribution in [0.1, 0.15) is 41.0 Å². The Labute approximate surface area is 205 Å². The van der Waals surface area contributed by atoms with E-state index < -0.39 is 20.7 Å². The molecule has 1 unspecified atom stereocenters. The van der Waals surface area contributed by atoms with E-state index >= 15 is 0 Å². The molecule has 0 bridgehead atoms. The fourth-order valence-electron chi connectivity index (χ4n) is 5.55. The van der Waals surface area contributed by atoms with Crippen molar-refractivity contribution in [2.45, 2.75) is 41.9 Å². The molecule has 1 atom stereocenters. The number of ether oxygens (including phenoxy) is 2. The number of carbonyl (C=O) groups is 1. The van der Waals surface area contributed by atoms with Crippen LogP contribution in [0.5, 0.6) is 5.75 Å². The third-order valence-corrected chi connectivity index (χ3v) is 9.75. The first-order valence-corrected chi connectivity index (χ1v) is 13.6. The third-order valence-electron chi connectivity index (χ3n) is 7.57. The van der Waals surface area contributed by atoms with Crippen LogP contribution in [0.15, 0.2) is 65.6 Å². The number of sulfone groups is 1. The van der Waals surface area contributed by atoms with E-state index in [9.17, 15) is 13.2 Å². The van der Waals surface area contributed by atoms with E-state index in [1.54, 1.807) is 24.3 Å². The first kappa shape index (κ1) is 22.4. The molecular weight excluding hydrogens is 464 g/mol. The van der Waals surface area contributed by atoms with Gasteiger partial charge in [0.2, 0.25) is 0 Å². The number of fused-ring (bicyclic) bond motifs is 4. The summed E-state index contributed by atoms with van der Waals surface area (Å²) < 4.78 is 39.7. The van der Waals surface area contributed by atoms with Gasteiger partial charge in [-0.25, -0.2) is 8.42 Å². The maximum absolute atomic E-state index is 13.2. The lowest BCUT2D eigenvalue weighted by molar-refractivity contribution is -0.00946. The molecule has 3 aromatic rings. The van der Waals surface area contributed by atoms with Crippen LogP contribution in [-0.2, 0) is 20.2 Å². The molecule has 0 N–H and O–H groups in total. The van der Waals surface area contributed by atoms with Crippen molar-refractivity contribution in [2.24, 2.45) is 0 Å². The van der Waals surface area contributed by atoms with Crippen LogP contribution >= 0.6 is 0 Å². The average Bonchev–Trinajstić information content (AvgIpc) is 3.56. The zero-order valence-electron chi connectivity index (χ0n) is 19.6. The summed E-state index contributed by atoms with van der Waals surface area (Å²) in [6.45, 7) is 3.92. The van der Waals surface area contributed by atoms with Gasteiger partial charge >= 0.3 is 0 Å². The minimum Gasteiger partial charge on any atom is -0.479 e. The maximum Gasteiger partial charge on any atom is 0.253 e. The quantitative estimate of drug-likeness (QED) is 0.555. The van der Waals surface area contributed by atoms with Gasteiger partial charge in [0.05, 0.1) is 28.1 Å². The number of carbonyl (C=O) groups excluding carboxylic acids is 1. The van der Waals surface area contributed by atoms with E-state index in [4.69, 9.17) is 9.47 Å². The number of hydrogen-bond donors (Lipinski definition) is 0. The van der Waals surface area contributed by atoms with Crippen molar-refractivity contribution in [3.8, 4) is 11.4 Å². The SMILES string of the molecule is Cc1ccc2n1-c1ccccc1OC21CCN(C(=O)c2ccc(S(=O)(=O)C3CCOC3)cc2)CC1. The Morgan fingerprint density at radius 2 is 1.74 bits per heavy atom. The molecule has 0 radical (unpaired) electrons. The molecule has 182 valence electrons. The van der Waals surface area contributed by atoms with Crippen molar-refractivity contribution in [3.05, 3.63) is 77.6 Å². The van der Waals surface area contributed by atoms with Gasteiger partial charge in [-0.3, -0.25) is 4.79 Å². The molecule has 4 heterocycles. The van der Waals surface area contributed by atoms with E-state index in [1.807, 2.05) is 23.1 Å². The summed E-state index contributed by atoms with van der Waals surface area (Å²) >= 11 is 0. The zero-order valence-corrected chi connectivity index (χ0v) is 20.5. The van der Waals surface area contributed by atoms with Crippen molar-refractivity contribution in [2.75, 3.05) is 26.3 Å². The summed E-state index contributed by atoms with van der Waals surface area (Å²) in [6.07, 6.45) is 1.88. The van der Waals surface area contributed by atoms with Gasteiger partial charge in [0.15, 0.2) is 15.4 Å². The van der Waals surface area contributed by atoms with Crippen molar-refractivity contribution >= 4 is 15.7 Å². The number of nitrogens with zero attached hydrogens (tertiary/aromatic N) is 2. The summed E-state index contributed by atoms with van der Waals surface area (Å²) in [5.74, 6) is 0.777. The van der Waals surface area contributed by atoms with Crippen molar-refractivity contribution in [1.82, 2.24) is 9.47 Å². The molecule has 2 saturated heterocycles. The number of aromatic nitrogens is 1. The number of rotatable bonds is 3. The zero-order chi connectivity index (χ0) is 24.2. The number of hydrogen-bond acceptors (Lipinski definition) is 5. The molecule has 3 aliphatic heterocycles. The largest absolute Gasteiger partial charge is 0.479 e. The molecule has 6 rings (SSSR count). The molecule has 2 aromatic carbocycles. The van der Waals surface area contributed by atoms with Gasteiger partial charge in [0.25, 0.3) is 5.91 Å². The Balaban J connectivity index is 1.20. The number of amides is 1. The van der Waals surface area contributed by atoms with Crippen molar-refractivity contribution in [3.63, 3.8) is 0 Å². The van der Waals surface area contributed by atoms with Gasteiger partial charge in [-0.05, 0) is 61.9 Å². The fourth-order valence-corrected chi connectivity index (χ4v) is 7.14. The fraction of sp³-hybridized carbons (Fsp3) is 0.370. The van der Waals surface area contributed by atoms with Crippen LogP contribution in [-0.4, -0.2) is 55.3 Å². The summed E-state index contributed by atoms with van der Waals surface area (Å²) in [5, 5.41) is -0.509. The number of piperidine rings is 1. The van der Waals surface area contributed by atoms with Gasteiger partial charge in [0.1, 0.15) is 5.75 Å². The number of aryl methyl sites for hydroxylation is 1. The van der Waals surface area contributed by atoms with Gasteiger partial charge in [-0.1, -0.05) is 12.1 Å². The van der Waals surface area contributed by atoms with Crippen LogP contribution in [0.3, 0.4) is 0 Å². The highest BCUT2D eigenvalue weighted by Gasteiger charge is 2.45. The highest BCUT2D eigenvalue weighted by Crippen LogP contribution is 2.45. The Kier molecular flexibility index (Phi) is 5.27. The van der Waals surface area contributed by atoms with Gasteiger partial charge in [-0.2, -0.15) is 0 Å². The standard InChI is InChI=1S/C27H28N2O5S/c1-19-6-11-25-27(34-24-5-3-2-4-23(24)29(19)25)13-15-28(16-14-27)26(30)20-7-9-21(10-8-20)35(31,32)22-12-17-33-18-22/h2-11,22H,12-18H2,1H3. The van der Waals surface area contributed by atoms with Crippen LogP contribution in [0.2, 0.25) is 0 Å². The molecule has 35 heavy (non-hydrogen) atoms. The minimum absolute atomic E-state index is 0.0872. The molecule has 3 aliphatic rings. The Morgan fingerprint density at radius 1 is 1.00 bits per heavy atom. The monoisotopic (exact) mass is 492 g/mol. The van der Waals surface area contributed by atoms with Crippen molar-refractivity contribution in [1.29, 1.82) is 0 Å². The van der Waals surface area contributed by atoms with Crippen LogP contribution in [0, 0.1) is 6.92 Å². The highest BCUT2D eigenvalue weighted by atomic mass is 32.2. The van der Waals surface area contributed by atoms with Gasteiger partial charge < -0.3 is 18.9 Å². The second-order valence-electron chi connectivity index (χ2n) is 9.61. The number of benzene rings is 2. The molecule has 1 aromatic heterocycles. The number of likely N-dealkylation sites (tertiary alicyclic amines) is 1. The average molecular weight is 493 g/mol. The smallest absolute Gasteiger partial charge is 0.253 e. The lowest BCUT2D eigenvalue weighted by Crippen LogP contribution is -2.50. The molecule has 8 heteroatoms. The van der Waals surface area contributed by atoms with E-state index in [0.717, 1.165) is 22.8 Å². The molecule has 0 aliphatic carbocycles. The molecule has 1 amide bonds. The number of para-hydroxylation sites is 2. The molecule has 2 fully saturated rings. The Hall–Kier alpha value is -3.10. The third kappa shape index (κ3) is 3.58. The molecule has 1 spiro atoms. The van der Waals surface area contributed by atoms with Crippen LogP contribution in [0.4, 0.5) is 0 Å². The van der Waals surface area contributed by atoms with E-state index in [-0.39, 0.29) is 17.4 Å².